The van der Waals surface area contributed by atoms with E-state index < -0.39 is 0 Å². The molecule has 0 atom stereocenters. The first-order valence-corrected chi connectivity index (χ1v) is 8.68. The van der Waals surface area contributed by atoms with Crippen LogP contribution in [0.15, 0.2) is 35.7 Å². The Balaban J connectivity index is 1.75. The van der Waals surface area contributed by atoms with Crippen molar-refractivity contribution >= 4 is 28.4 Å². The summed E-state index contributed by atoms with van der Waals surface area (Å²) in [7, 11) is 1.76. The molecule has 0 saturated carbocycles. The average molecular weight is 333 g/mol. The fourth-order valence-corrected chi connectivity index (χ4v) is 4.03. The van der Waals surface area contributed by atoms with Crippen molar-refractivity contribution < 1.29 is 9.47 Å². The molecule has 0 aliphatic carbocycles. The van der Waals surface area contributed by atoms with Crippen molar-refractivity contribution in [2.45, 2.75) is 24.9 Å². The summed E-state index contributed by atoms with van der Waals surface area (Å²) >= 11 is 7.20. The lowest BCUT2D eigenvalue weighted by molar-refractivity contribution is -0.0948. The average Bonchev–Trinajstić information content (AvgIpc) is 3.05. The third-order valence-corrected chi connectivity index (χ3v) is 5.53. The van der Waals surface area contributed by atoms with Crippen LogP contribution < -0.4 is 0 Å². The second-order valence-electron chi connectivity index (χ2n) is 5.42. The molecule has 1 fully saturated rings. The predicted octanol–water partition coefficient (Wildman–Crippen LogP) is 3.76. The molecule has 1 aromatic heterocycles. The highest BCUT2D eigenvalue weighted by Gasteiger charge is 2.37. The molecule has 3 rings (SSSR count). The molecule has 1 saturated heterocycles. The Kier molecular flexibility index (Phi) is 4.98. The molecule has 2 heterocycles. The molecule has 0 bridgehead atoms. The number of rotatable bonds is 5. The molecule has 116 valence electrons. The topological polar surface area (TPSA) is 31.4 Å². The smallest absolute Gasteiger partial charge is 0.125 e. The maximum absolute atomic E-state index is 5.80. The molecule has 0 spiro atoms. The Morgan fingerprint density at radius 1 is 1.32 bits per heavy atom. The van der Waals surface area contributed by atoms with Crippen LogP contribution in [-0.4, -0.2) is 30.2 Å². The van der Waals surface area contributed by atoms with Crippen LogP contribution in [0.4, 0.5) is 0 Å². The molecule has 2 aromatic rings. The third kappa shape index (κ3) is 3.27. The number of nitrogens with zero attached hydrogens (tertiary/aromatic N) is 1. The highest BCUT2D eigenvalue weighted by Crippen LogP contribution is 2.37. The SMILES string of the molecule is COC1(c2nc(CC(=S)c3ccccc3)cs2)CCOCC1. The Hall–Kier alpha value is -1.14. The Bertz CT molecular complexity index is 633. The summed E-state index contributed by atoms with van der Waals surface area (Å²) in [5, 5.41) is 3.14. The maximum Gasteiger partial charge on any atom is 0.125 e. The molecule has 5 heteroatoms. The molecule has 1 aromatic carbocycles. The zero-order valence-electron chi connectivity index (χ0n) is 12.6. The Morgan fingerprint density at radius 3 is 2.73 bits per heavy atom. The van der Waals surface area contributed by atoms with Gasteiger partial charge in [0.25, 0.3) is 0 Å². The van der Waals surface area contributed by atoms with Crippen LogP contribution in [0.5, 0.6) is 0 Å². The molecule has 0 radical (unpaired) electrons. The van der Waals surface area contributed by atoms with Gasteiger partial charge >= 0.3 is 0 Å². The molecule has 0 N–H and O–H groups in total. The highest BCUT2D eigenvalue weighted by molar-refractivity contribution is 7.80. The monoisotopic (exact) mass is 333 g/mol. The second kappa shape index (κ2) is 6.96. The van der Waals surface area contributed by atoms with Gasteiger partial charge in [-0.3, -0.25) is 0 Å². The molecule has 0 amide bonds. The van der Waals surface area contributed by atoms with Gasteiger partial charge in [-0.1, -0.05) is 42.5 Å². The van der Waals surface area contributed by atoms with Crippen LogP contribution in [0.2, 0.25) is 0 Å². The standard InChI is InChI=1S/C17H19NO2S2/c1-19-17(7-9-20-10-8-17)16-18-14(12-22-16)11-15(21)13-5-3-2-4-6-13/h2-6,12H,7-11H2,1H3. The van der Waals surface area contributed by atoms with Gasteiger partial charge in [-0.2, -0.15) is 0 Å². The molecule has 1 aliphatic heterocycles. The zero-order chi connectivity index (χ0) is 15.4. The van der Waals surface area contributed by atoms with Crippen molar-refractivity contribution in [3.05, 3.63) is 52.0 Å². The van der Waals surface area contributed by atoms with Crippen molar-refractivity contribution in [3.8, 4) is 0 Å². The van der Waals surface area contributed by atoms with E-state index in [-0.39, 0.29) is 5.60 Å². The van der Waals surface area contributed by atoms with Crippen LogP contribution in [0.25, 0.3) is 0 Å². The van der Waals surface area contributed by atoms with Gasteiger partial charge < -0.3 is 9.47 Å². The van der Waals surface area contributed by atoms with Crippen molar-refractivity contribution in [3.63, 3.8) is 0 Å². The minimum absolute atomic E-state index is 0.282. The Labute approximate surface area is 140 Å². The van der Waals surface area contributed by atoms with Gasteiger partial charge in [0.1, 0.15) is 10.6 Å². The van der Waals surface area contributed by atoms with Gasteiger partial charge in [-0.15, -0.1) is 11.3 Å². The van der Waals surface area contributed by atoms with E-state index in [1.165, 1.54) is 0 Å². The van der Waals surface area contributed by atoms with Gasteiger partial charge in [-0.25, -0.2) is 4.98 Å². The highest BCUT2D eigenvalue weighted by atomic mass is 32.1. The molecule has 0 unspecified atom stereocenters. The number of thiocarbonyl (C=S) groups is 1. The molecular formula is C17H19NO2S2. The number of methoxy groups -OCH3 is 1. The Morgan fingerprint density at radius 2 is 2.05 bits per heavy atom. The maximum atomic E-state index is 5.80. The number of hydrogen-bond acceptors (Lipinski definition) is 5. The first-order valence-electron chi connectivity index (χ1n) is 7.39. The summed E-state index contributed by atoms with van der Waals surface area (Å²) in [6, 6.07) is 10.1. The zero-order valence-corrected chi connectivity index (χ0v) is 14.2. The van der Waals surface area contributed by atoms with Crippen molar-refractivity contribution in [2.24, 2.45) is 0 Å². The fourth-order valence-electron chi connectivity index (χ4n) is 2.69. The van der Waals surface area contributed by atoms with Gasteiger partial charge in [0.15, 0.2) is 0 Å². The summed E-state index contributed by atoms with van der Waals surface area (Å²) in [5.41, 5.74) is 1.84. The molecule has 22 heavy (non-hydrogen) atoms. The van der Waals surface area contributed by atoms with Gasteiger partial charge in [0.2, 0.25) is 0 Å². The first kappa shape index (κ1) is 15.7. The number of benzene rings is 1. The normalized spacial score (nSPS) is 17.3. The fraction of sp³-hybridized carbons (Fsp3) is 0.412. The predicted molar refractivity (Wildman–Crippen MR) is 92.7 cm³/mol. The van der Waals surface area contributed by atoms with Crippen molar-refractivity contribution in [1.29, 1.82) is 0 Å². The van der Waals surface area contributed by atoms with Crippen LogP contribution >= 0.6 is 23.6 Å². The van der Waals surface area contributed by atoms with E-state index in [4.69, 9.17) is 26.7 Å². The first-order chi connectivity index (χ1) is 10.7. The van der Waals surface area contributed by atoms with E-state index in [0.29, 0.717) is 6.42 Å². The van der Waals surface area contributed by atoms with Crippen LogP contribution in [-0.2, 0) is 21.5 Å². The number of thiazole rings is 1. The van der Waals surface area contributed by atoms with Gasteiger partial charge in [0, 0.05) is 49.8 Å². The molecule has 1 aliphatic rings. The van der Waals surface area contributed by atoms with E-state index >= 15 is 0 Å². The molecule has 3 nitrogen and oxygen atoms in total. The van der Waals surface area contributed by atoms with Crippen molar-refractivity contribution in [2.75, 3.05) is 20.3 Å². The van der Waals surface area contributed by atoms with Crippen LogP contribution in [0.3, 0.4) is 0 Å². The molecular weight excluding hydrogens is 314 g/mol. The third-order valence-electron chi connectivity index (χ3n) is 4.07. The quantitative estimate of drug-likeness (QED) is 0.616. The van der Waals surface area contributed by atoms with Gasteiger partial charge in [-0.05, 0) is 5.56 Å². The van der Waals surface area contributed by atoms with E-state index in [1.54, 1.807) is 18.4 Å². The number of aromatic nitrogens is 1. The van der Waals surface area contributed by atoms with Crippen LogP contribution in [0.1, 0.15) is 29.1 Å². The number of ether oxygens (including phenoxy) is 2. The lowest BCUT2D eigenvalue weighted by Crippen LogP contribution is -2.35. The van der Waals surface area contributed by atoms with E-state index in [0.717, 1.165) is 47.2 Å². The number of hydrogen-bond donors (Lipinski definition) is 0. The summed E-state index contributed by atoms with van der Waals surface area (Å²) in [6.45, 7) is 1.45. The van der Waals surface area contributed by atoms with E-state index in [2.05, 4.69) is 5.38 Å². The minimum Gasteiger partial charge on any atom is -0.381 e. The minimum atomic E-state index is -0.282. The second-order valence-corrected chi connectivity index (χ2v) is 6.77. The lowest BCUT2D eigenvalue weighted by atomic mass is 9.95. The van der Waals surface area contributed by atoms with E-state index in [1.807, 2.05) is 30.3 Å². The summed E-state index contributed by atoms with van der Waals surface area (Å²) in [5.74, 6) is 0. The van der Waals surface area contributed by atoms with Crippen LogP contribution in [0, 0.1) is 0 Å². The summed E-state index contributed by atoms with van der Waals surface area (Å²) < 4.78 is 11.3. The van der Waals surface area contributed by atoms with Gasteiger partial charge in [0.05, 0.1) is 5.69 Å². The summed E-state index contributed by atoms with van der Waals surface area (Å²) in [6.07, 6.45) is 2.42. The van der Waals surface area contributed by atoms with E-state index in [9.17, 15) is 0 Å². The largest absolute Gasteiger partial charge is 0.381 e. The lowest BCUT2D eigenvalue weighted by Gasteiger charge is -2.33. The summed E-state index contributed by atoms with van der Waals surface area (Å²) in [4.78, 5) is 5.72. The van der Waals surface area contributed by atoms with Crippen molar-refractivity contribution in [1.82, 2.24) is 4.98 Å².